The first-order valence-corrected chi connectivity index (χ1v) is 9.00. The summed E-state index contributed by atoms with van der Waals surface area (Å²) in [6.45, 7) is 13.0. The van der Waals surface area contributed by atoms with Crippen LogP contribution >= 0.6 is 0 Å². The summed E-state index contributed by atoms with van der Waals surface area (Å²) in [6, 6.07) is 0.359. The predicted octanol–water partition coefficient (Wildman–Crippen LogP) is 3.31. The van der Waals surface area contributed by atoms with E-state index >= 15 is 0 Å². The largest absolute Gasteiger partial charge is 0.359 e. The minimum absolute atomic E-state index is 0.0816. The maximum atomic E-state index is 12.1. The molecule has 5 nitrogen and oxygen atoms in total. The van der Waals surface area contributed by atoms with Crippen molar-refractivity contribution in [2.45, 2.75) is 53.5 Å². The van der Waals surface area contributed by atoms with Crippen LogP contribution in [0.2, 0.25) is 0 Å². The number of hydrazone groups is 1. The first-order valence-electron chi connectivity index (χ1n) is 9.00. The second-order valence-corrected chi connectivity index (χ2v) is 6.87. The van der Waals surface area contributed by atoms with E-state index in [1.54, 1.807) is 0 Å². The Kier molecular flexibility index (Phi) is 4.63. The Bertz CT molecular complexity index is 705. The highest BCUT2D eigenvalue weighted by atomic mass is 16.2. The number of carbonyl (C=O) groups excluding carboxylic acids is 1. The molecule has 1 aliphatic heterocycles. The van der Waals surface area contributed by atoms with Gasteiger partial charge in [-0.1, -0.05) is 13.8 Å². The van der Waals surface area contributed by atoms with Crippen LogP contribution in [0, 0.1) is 19.8 Å². The molecular formula is C19H28N4O. The van der Waals surface area contributed by atoms with Gasteiger partial charge in [0.05, 0.1) is 11.3 Å². The standard InChI is InChI=1S/C19H28N4O/c1-6-23(7-2)13(5)17-11(3)16(20-12(17)4)10-15-18(14-8-9-14)21-22-19(15)24/h10,13-14,20H,6-9H2,1-5H3,(H,22,24)/b15-10+. The second kappa shape index (κ2) is 6.55. The van der Waals surface area contributed by atoms with E-state index in [4.69, 9.17) is 0 Å². The number of aryl methyl sites for hydroxylation is 1. The van der Waals surface area contributed by atoms with Crippen molar-refractivity contribution in [1.29, 1.82) is 0 Å². The smallest absolute Gasteiger partial charge is 0.273 e. The molecule has 24 heavy (non-hydrogen) atoms. The van der Waals surface area contributed by atoms with E-state index in [1.165, 1.54) is 16.8 Å². The third-order valence-corrected chi connectivity index (χ3v) is 5.36. The summed E-state index contributed by atoms with van der Waals surface area (Å²) in [5, 5.41) is 4.23. The summed E-state index contributed by atoms with van der Waals surface area (Å²) < 4.78 is 0. The van der Waals surface area contributed by atoms with E-state index in [2.05, 4.69) is 55.0 Å². The van der Waals surface area contributed by atoms with Crippen LogP contribution in [-0.4, -0.2) is 34.6 Å². The van der Waals surface area contributed by atoms with Crippen molar-refractivity contribution < 1.29 is 4.79 Å². The van der Waals surface area contributed by atoms with Crippen molar-refractivity contribution in [1.82, 2.24) is 15.3 Å². The first kappa shape index (κ1) is 17.0. The fraction of sp³-hybridized carbons (Fsp3) is 0.579. The molecule has 1 amide bonds. The summed E-state index contributed by atoms with van der Waals surface area (Å²) >= 11 is 0. The normalized spacial score (nSPS) is 20.7. The van der Waals surface area contributed by atoms with Gasteiger partial charge in [0.15, 0.2) is 0 Å². The summed E-state index contributed by atoms with van der Waals surface area (Å²) in [7, 11) is 0. The zero-order valence-corrected chi connectivity index (χ0v) is 15.4. The van der Waals surface area contributed by atoms with Gasteiger partial charge in [-0.15, -0.1) is 0 Å². The highest BCUT2D eigenvalue weighted by Gasteiger charge is 2.36. The summed E-state index contributed by atoms with van der Waals surface area (Å²) in [5.74, 6) is 0.377. The first-order chi connectivity index (χ1) is 11.5. The number of hydrogen-bond acceptors (Lipinski definition) is 3. The van der Waals surface area contributed by atoms with Gasteiger partial charge in [0, 0.05) is 23.3 Å². The molecule has 1 saturated carbocycles. The number of rotatable bonds is 6. The van der Waals surface area contributed by atoms with Crippen molar-refractivity contribution in [2.75, 3.05) is 13.1 Å². The van der Waals surface area contributed by atoms with Crippen molar-refractivity contribution in [3.63, 3.8) is 0 Å². The number of nitrogens with zero attached hydrogens (tertiary/aromatic N) is 2. The molecule has 2 N–H and O–H groups in total. The van der Waals surface area contributed by atoms with E-state index in [1.807, 2.05) is 6.08 Å². The Morgan fingerprint density at radius 1 is 1.29 bits per heavy atom. The van der Waals surface area contributed by atoms with Gasteiger partial charge >= 0.3 is 0 Å². The van der Waals surface area contributed by atoms with Crippen LogP contribution in [0.15, 0.2) is 10.7 Å². The summed E-state index contributed by atoms with van der Waals surface area (Å²) in [6.07, 6.45) is 4.26. The third kappa shape index (κ3) is 2.93. The van der Waals surface area contributed by atoms with E-state index in [-0.39, 0.29) is 5.91 Å². The third-order valence-electron chi connectivity index (χ3n) is 5.36. The lowest BCUT2D eigenvalue weighted by Crippen LogP contribution is -2.27. The molecule has 0 spiro atoms. The molecule has 1 aliphatic carbocycles. The van der Waals surface area contributed by atoms with Gasteiger partial charge < -0.3 is 4.98 Å². The molecule has 1 unspecified atom stereocenters. The van der Waals surface area contributed by atoms with E-state index in [0.717, 1.165) is 42.9 Å². The Balaban J connectivity index is 1.95. The molecule has 0 radical (unpaired) electrons. The maximum absolute atomic E-state index is 12.1. The quantitative estimate of drug-likeness (QED) is 0.787. The molecule has 0 saturated heterocycles. The number of hydrogen-bond donors (Lipinski definition) is 2. The van der Waals surface area contributed by atoms with Crippen molar-refractivity contribution in [3.8, 4) is 0 Å². The molecule has 2 heterocycles. The minimum Gasteiger partial charge on any atom is -0.359 e. The van der Waals surface area contributed by atoms with Gasteiger partial charge in [0.1, 0.15) is 0 Å². The van der Waals surface area contributed by atoms with Crippen LogP contribution in [0.1, 0.15) is 62.2 Å². The van der Waals surface area contributed by atoms with Crippen LogP contribution < -0.4 is 5.43 Å². The molecule has 3 rings (SSSR count). The van der Waals surface area contributed by atoms with E-state index in [9.17, 15) is 4.79 Å². The predicted molar refractivity (Wildman–Crippen MR) is 97.9 cm³/mol. The summed E-state index contributed by atoms with van der Waals surface area (Å²) in [4.78, 5) is 18.1. The van der Waals surface area contributed by atoms with Gasteiger partial charge in [0.2, 0.25) is 0 Å². The number of aromatic amines is 1. The lowest BCUT2D eigenvalue weighted by Gasteiger charge is -2.27. The average Bonchev–Trinajstić information content (AvgIpc) is 3.27. The number of H-pyrrole nitrogens is 1. The monoisotopic (exact) mass is 328 g/mol. The van der Waals surface area contributed by atoms with Crippen LogP contribution in [-0.2, 0) is 4.79 Å². The Morgan fingerprint density at radius 2 is 1.96 bits per heavy atom. The number of nitrogens with one attached hydrogen (secondary N) is 2. The zero-order chi connectivity index (χ0) is 17.4. The van der Waals surface area contributed by atoms with Crippen LogP contribution in [0.25, 0.3) is 6.08 Å². The van der Waals surface area contributed by atoms with Gasteiger partial charge in [-0.05, 0) is 63.9 Å². The van der Waals surface area contributed by atoms with Gasteiger partial charge in [-0.25, -0.2) is 5.43 Å². The number of carbonyl (C=O) groups is 1. The molecule has 2 aliphatic rings. The van der Waals surface area contributed by atoms with Gasteiger partial charge in [0.25, 0.3) is 5.91 Å². The minimum atomic E-state index is -0.0816. The molecule has 0 bridgehead atoms. The molecule has 130 valence electrons. The van der Waals surface area contributed by atoms with Gasteiger partial charge in [-0.3, -0.25) is 9.69 Å². The number of aromatic nitrogens is 1. The topological polar surface area (TPSA) is 60.5 Å². The van der Waals surface area contributed by atoms with Crippen molar-refractivity contribution in [3.05, 3.63) is 28.1 Å². The fourth-order valence-electron chi connectivity index (χ4n) is 3.81. The lowest BCUT2D eigenvalue weighted by molar-refractivity contribution is -0.116. The lowest BCUT2D eigenvalue weighted by atomic mass is 10.00. The fourth-order valence-corrected chi connectivity index (χ4v) is 3.81. The molecular weight excluding hydrogens is 300 g/mol. The second-order valence-electron chi connectivity index (χ2n) is 6.87. The van der Waals surface area contributed by atoms with Crippen LogP contribution in [0.5, 0.6) is 0 Å². The molecule has 1 atom stereocenters. The maximum Gasteiger partial charge on any atom is 0.273 e. The highest BCUT2D eigenvalue weighted by molar-refractivity contribution is 6.28. The van der Waals surface area contributed by atoms with E-state index < -0.39 is 0 Å². The average molecular weight is 328 g/mol. The molecule has 1 fully saturated rings. The SMILES string of the molecule is CCN(CC)C(C)c1c(C)[nH]c(/C=C2/C(=O)NN=C2C2CC2)c1C. The van der Waals surface area contributed by atoms with Crippen molar-refractivity contribution >= 4 is 17.7 Å². The molecule has 0 aromatic carbocycles. The van der Waals surface area contributed by atoms with Crippen LogP contribution in [0.4, 0.5) is 0 Å². The van der Waals surface area contributed by atoms with Gasteiger partial charge in [-0.2, -0.15) is 5.10 Å². The Morgan fingerprint density at radius 3 is 2.54 bits per heavy atom. The molecule has 5 heteroatoms. The zero-order valence-electron chi connectivity index (χ0n) is 15.4. The number of amides is 1. The molecule has 1 aromatic heterocycles. The summed E-state index contributed by atoms with van der Waals surface area (Å²) in [5.41, 5.74) is 9.07. The van der Waals surface area contributed by atoms with Crippen LogP contribution in [0.3, 0.4) is 0 Å². The van der Waals surface area contributed by atoms with E-state index in [0.29, 0.717) is 12.0 Å². The molecule has 1 aromatic rings. The van der Waals surface area contributed by atoms with Crippen molar-refractivity contribution in [2.24, 2.45) is 11.0 Å². The Labute approximate surface area is 144 Å². The highest BCUT2D eigenvalue weighted by Crippen LogP contribution is 2.36. The Hall–Kier alpha value is -1.88.